The minimum atomic E-state index is 1.11. The van der Waals surface area contributed by atoms with Crippen molar-refractivity contribution in [2.45, 2.75) is 13.8 Å². The number of hydrogen-bond acceptors (Lipinski definition) is 0. The first kappa shape index (κ1) is 27.4. The monoisotopic (exact) mass is 562 g/mol. The molecule has 0 aromatic heterocycles. The molecule has 7 rings (SSSR count). The lowest BCUT2D eigenvalue weighted by Crippen LogP contribution is -1.96. The highest BCUT2D eigenvalue weighted by molar-refractivity contribution is 6.15. The van der Waals surface area contributed by atoms with Crippen molar-refractivity contribution in [1.82, 2.24) is 0 Å². The van der Waals surface area contributed by atoms with Crippen LogP contribution in [-0.4, -0.2) is 0 Å². The highest BCUT2D eigenvalue weighted by atomic mass is 14.2. The van der Waals surface area contributed by atoms with E-state index in [1.807, 2.05) is 12.2 Å². The van der Waals surface area contributed by atoms with E-state index in [9.17, 15) is 0 Å². The van der Waals surface area contributed by atoms with Gasteiger partial charge in [-0.05, 0) is 114 Å². The van der Waals surface area contributed by atoms with Crippen molar-refractivity contribution < 1.29 is 0 Å². The molecule has 0 bridgehead atoms. The van der Waals surface area contributed by atoms with Crippen LogP contribution in [0.25, 0.3) is 83.9 Å². The van der Waals surface area contributed by atoms with Crippen LogP contribution in [0.15, 0.2) is 141 Å². The van der Waals surface area contributed by atoms with Crippen molar-refractivity contribution in [2.75, 3.05) is 0 Å². The molecule has 210 valence electrons. The van der Waals surface area contributed by atoms with E-state index in [-0.39, 0.29) is 0 Å². The molecule has 0 atom stereocenters. The number of allylic oxidation sites excluding steroid dienone is 1. The van der Waals surface area contributed by atoms with Crippen molar-refractivity contribution in [1.29, 1.82) is 0 Å². The van der Waals surface area contributed by atoms with Gasteiger partial charge in [-0.3, -0.25) is 0 Å². The Morgan fingerprint density at radius 3 is 1.77 bits per heavy atom. The van der Waals surface area contributed by atoms with Gasteiger partial charge < -0.3 is 0 Å². The van der Waals surface area contributed by atoms with Crippen LogP contribution in [0.3, 0.4) is 0 Å². The summed E-state index contributed by atoms with van der Waals surface area (Å²) in [5.74, 6) is 0. The second kappa shape index (κ2) is 11.3. The molecule has 0 nitrogen and oxygen atoms in total. The van der Waals surface area contributed by atoms with Crippen molar-refractivity contribution >= 4 is 50.5 Å². The number of rotatable bonds is 6. The van der Waals surface area contributed by atoms with Gasteiger partial charge in [0.1, 0.15) is 0 Å². The maximum absolute atomic E-state index is 4.31. The van der Waals surface area contributed by atoms with E-state index in [1.165, 1.54) is 76.8 Å². The molecule has 0 saturated heterocycles. The zero-order valence-corrected chi connectivity index (χ0v) is 25.3. The fourth-order valence-corrected chi connectivity index (χ4v) is 6.75. The zero-order valence-electron chi connectivity index (χ0n) is 25.3. The Morgan fingerprint density at radius 2 is 1.07 bits per heavy atom. The zero-order chi connectivity index (χ0) is 30.2. The van der Waals surface area contributed by atoms with Crippen molar-refractivity contribution in [2.24, 2.45) is 0 Å². The Balaban J connectivity index is 1.42. The van der Waals surface area contributed by atoms with Gasteiger partial charge in [0, 0.05) is 0 Å². The van der Waals surface area contributed by atoms with E-state index in [2.05, 4.69) is 160 Å². The highest BCUT2D eigenvalue weighted by Gasteiger charge is 2.20. The van der Waals surface area contributed by atoms with Gasteiger partial charge in [-0.15, -0.1) is 0 Å². The van der Waals surface area contributed by atoms with Gasteiger partial charge in [-0.1, -0.05) is 147 Å². The summed E-state index contributed by atoms with van der Waals surface area (Å²) in [6, 6.07) is 44.2. The topological polar surface area (TPSA) is 0 Å². The molecule has 7 aromatic carbocycles. The number of fused-ring (bicyclic) bond motifs is 3. The van der Waals surface area contributed by atoms with Gasteiger partial charge in [0.15, 0.2) is 0 Å². The maximum atomic E-state index is 4.31. The van der Waals surface area contributed by atoms with Crippen molar-refractivity contribution in [3.63, 3.8) is 0 Å². The van der Waals surface area contributed by atoms with Crippen molar-refractivity contribution in [3.05, 3.63) is 163 Å². The summed E-state index contributed by atoms with van der Waals surface area (Å²) in [7, 11) is 0. The van der Waals surface area contributed by atoms with Crippen LogP contribution in [0.4, 0.5) is 0 Å². The normalized spacial score (nSPS) is 11.5. The van der Waals surface area contributed by atoms with Crippen LogP contribution >= 0.6 is 0 Å². The molecule has 0 N–H and O–H groups in total. The van der Waals surface area contributed by atoms with E-state index in [0.29, 0.717) is 0 Å². The predicted molar refractivity (Wildman–Crippen MR) is 195 cm³/mol. The summed E-state index contributed by atoms with van der Waals surface area (Å²) >= 11 is 0. The number of benzene rings is 7. The fraction of sp³-hybridized carbons (Fsp3) is 0.0455. The molecule has 0 aliphatic rings. The molecule has 0 fully saturated rings. The Morgan fingerprint density at radius 1 is 0.500 bits per heavy atom. The highest BCUT2D eigenvalue weighted by Crippen LogP contribution is 2.45. The molecule has 0 spiro atoms. The predicted octanol–water partition coefficient (Wildman–Crippen LogP) is 12.8. The van der Waals surface area contributed by atoms with Crippen LogP contribution in [0.2, 0.25) is 0 Å². The van der Waals surface area contributed by atoms with Gasteiger partial charge in [-0.2, -0.15) is 0 Å². The summed E-state index contributed by atoms with van der Waals surface area (Å²) in [6.07, 6.45) is 8.25. The van der Waals surface area contributed by atoms with E-state index < -0.39 is 0 Å². The summed E-state index contributed by atoms with van der Waals surface area (Å²) < 4.78 is 0. The third kappa shape index (κ3) is 4.57. The van der Waals surface area contributed by atoms with Crippen LogP contribution in [0.1, 0.15) is 29.2 Å². The standard InChI is InChI=1S/C44H34/c1-5-13-30-20-21-32(26-29(30)4)33-22-23-35-28-36(25-24-34(35)27-33)43-37(6-2)38(7-3)44(42-18-11-10-17-41(42)43)40-19-12-15-31-14-8-9-16-39(31)40/h5-28H,2-3H2,1,4H3/b13-5-. The summed E-state index contributed by atoms with van der Waals surface area (Å²) in [5, 5.41) is 7.33. The molecule has 0 aliphatic heterocycles. The van der Waals surface area contributed by atoms with E-state index in [0.717, 1.165) is 11.1 Å². The number of hydrogen-bond donors (Lipinski definition) is 0. The average molecular weight is 563 g/mol. The first-order valence-corrected chi connectivity index (χ1v) is 15.2. The van der Waals surface area contributed by atoms with Gasteiger partial charge in [0.05, 0.1) is 0 Å². The quantitative estimate of drug-likeness (QED) is 0.189. The molecule has 0 aliphatic carbocycles. The summed E-state index contributed by atoms with van der Waals surface area (Å²) in [4.78, 5) is 0. The van der Waals surface area contributed by atoms with Crippen LogP contribution in [-0.2, 0) is 0 Å². The Kier molecular flexibility index (Phi) is 7.04. The molecule has 0 radical (unpaired) electrons. The molecule has 0 heteroatoms. The van der Waals surface area contributed by atoms with Gasteiger partial charge in [0.2, 0.25) is 0 Å². The first-order valence-electron chi connectivity index (χ1n) is 15.2. The lowest BCUT2D eigenvalue weighted by molar-refractivity contribution is 1.44. The number of aryl methyl sites for hydroxylation is 1. The second-order valence-corrected chi connectivity index (χ2v) is 11.4. The SMILES string of the molecule is C=Cc1c(C=C)c(-c2cccc3ccccc23)c2ccccc2c1-c1ccc2cc(-c3ccc(/C=C\C)c(C)c3)ccc2c1. The van der Waals surface area contributed by atoms with Crippen LogP contribution in [0.5, 0.6) is 0 Å². The summed E-state index contributed by atoms with van der Waals surface area (Å²) in [6.45, 7) is 12.9. The Bertz CT molecular complexity index is 2270. The molecule has 7 aromatic rings. The van der Waals surface area contributed by atoms with E-state index >= 15 is 0 Å². The molecule has 0 saturated carbocycles. The van der Waals surface area contributed by atoms with E-state index in [1.54, 1.807) is 0 Å². The van der Waals surface area contributed by atoms with Crippen LogP contribution < -0.4 is 0 Å². The lowest BCUT2D eigenvalue weighted by Gasteiger charge is -2.21. The Labute approximate surface area is 259 Å². The smallest absolute Gasteiger partial charge is 0.00204 e. The van der Waals surface area contributed by atoms with E-state index in [4.69, 9.17) is 0 Å². The van der Waals surface area contributed by atoms with Gasteiger partial charge >= 0.3 is 0 Å². The fourth-order valence-electron chi connectivity index (χ4n) is 6.75. The minimum Gasteiger partial charge on any atom is -0.0984 e. The Hall–Kier alpha value is -5.46. The average Bonchev–Trinajstić information content (AvgIpc) is 3.07. The molecule has 44 heavy (non-hydrogen) atoms. The molecular formula is C44H34. The van der Waals surface area contributed by atoms with Crippen molar-refractivity contribution in [3.8, 4) is 33.4 Å². The van der Waals surface area contributed by atoms with Gasteiger partial charge in [0.25, 0.3) is 0 Å². The molecule has 0 heterocycles. The second-order valence-electron chi connectivity index (χ2n) is 11.4. The maximum Gasteiger partial charge on any atom is -0.00204 e. The minimum absolute atomic E-state index is 1.11. The molecule has 0 unspecified atom stereocenters. The third-order valence-electron chi connectivity index (χ3n) is 8.84. The molecule has 0 amide bonds. The third-order valence-corrected chi connectivity index (χ3v) is 8.84. The first-order chi connectivity index (χ1) is 21.6. The van der Waals surface area contributed by atoms with Crippen LogP contribution in [0, 0.1) is 6.92 Å². The van der Waals surface area contributed by atoms with Gasteiger partial charge in [-0.25, -0.2) is 0 Å². The molecular weight excluding hydrogens is 528 g/mol. The largest absolute Gasteiger partial charge is 0.0984 e. The summed E-state index contributed by atoms with van der Waals surface area (Å²) in [5.41, 5.74) is 12.0. The lowest BCUT2D eigenvalue weighted by atomic mass is 9.82.